The number of nitrogen functional groups attached to an aromatic ring is 1. The van der Waals surface area contributed by atoms with Gasteiger partial charge in [0.25, 0.3) is 5.91 Å². The quantitative estimate of drug-likeness (QED) is 0.309. The monoisotopic (exact) mass is 476 g/mol. The highest BCUT2D eigenvalue weighted by Crippen LogP contribution is 2.30. The maximum absolute atomic E-state index is 12.4. The van der Waals surface area contributed by atoms with Gasteiger partial charge in [-0.1, -0.05) is 6.07 Å². The molecule has 2 saturated heterocycles. The van der Waals surface area contributed by atoms with Gasteiger partial charge < -0.3 is 16.4 Å². The highest BCUT2D eigenvalue weighted by Gasteiger charge is 2.44. The van der Waals surface area contributed by atoms with Crippen molar-refractivity contribution in [3.63, 3.8) is 0 Å². The zero-order valence-corrected chi connectivity index (χ0v) is 19.9. The summed E-state index contributed by atoms with van der Waals surface area (Å²) in [7, 11) is 0. The second kappa shape index (κ2) is 8.42. The summed E-state index contributed by atoms with van der Waals surface area (Å²) in [6.45, 7) is 5.26. The van der Waals surface area contributed by atoms with Crippen LogP contribution in [0.5, 0.6) is 0 Å². The average Bonchev–Trinajstić information content (AvgIpc) is 3.49. The number of pyridine rings is 1. The summed E-state index contributed by atoms with van der Waals surface area (Å²) in [5.74, 6) is -0.340. The van der Waals surface area contributed by atoms with Crippen LogP contribution in [0.2, 0.25) is 0 Å². The molecule has 0 saturated carbocycles. The van der Waals surface area contributed by atoms with Crippen LogP contribution in [0.25, 0.3) is 16.8 Å². The van der Waals surface area contributed by atoms with Crippen LogP contribution < -0.4 is 21.7 Å². The molecule has 2 aliphatic rings. The van der Waals surface area contributed by atoms with Gasteiger partial charge in [-0.15, -0.1) is 0 Å². The van der Waals surface area contributed by atoms with Crippen molar-refractivity contribution < 1.29 is 14.4 Å². The van der Waals surface area contributed by atoms with E-state index in [0.29, 0.717) is 46.7 Å². The van der Waals surface area contributed by atoms with Gasteiger partial charge in [0.1, 0.15) is 5.82 Å². The summed E-state index contributed by atoms with van der Waals surface area (Å²) in [4.78, 5) is 45.5. The number of amides is 3. The van der Waals surface area contributed by atoms with Crippen LogP contribution in [-0.2, 0) is 16.8 Å². The number of imide groups is 1. The minimum Gasteiger partial charge on any atom is -0.383 e. The molecule has 0 aliphatic carbocycles. The molecule has 182 valence electrons. The predicted molar refractivity (Wildman–Crippen MR) is 129 cm³/mol. The van der Waals surface area contributed by atoms with Gasteiger partial charge in [-0.2, -0.15) is 9.61 Å². The Morgan fingerprint density at radius 3 is 2.66 bits per heavy atom. The van der Waals surface area contributed by atoms with Crippen molar-refractivity contribution in [1.29, 1.82) is 0 Å². The molecule has 0 bridgehead atoms. The second-order valence-electron chi connectivity index (χ2n) is 9.51. The highest BCUT2D eigenvalue weighted by molar-refractivity contribution is 6.07. The van der Waals surface area contributed by atoms with E-state index in [1.165, 1.54) is 11.4 Å². The molecule has 5 rings (SSSR count). The van der Waals surface area contributed by atoms with Gasteiger partial charge in [0.05, 0.1) is 23.1 Å². The van der Waals surface area contributed by atoms with E-state index in [4.69, 9.17) is 10.7 Å². The fourth-order valence-electron chi connectivity index (χ4n) is 4.96. The number of nitrogens with one attached hydrogen (secondary N) is 3. The van der Waals surface area contributed by atoms with E-state index in [2.05, 4.69) is 33.0 Å². The number of ketones is 1. The summed E-state index contributed by atoms with van der Waals surface area (Å²) in [5, 5.41) is 12.8. The zero-order valence-electron chi connectivity index (χ0n) is 19.9. The second-order valence-corrected chi connectivity index (χ2v) is 9.51. The minimum atomic E-state index is -1.24. The van der Waals surface area contributed by atoms with Crippen molar-refractivity contribution in [2.75, 3.05) is 5.73 Å². The van der Waals surface area contributed by atoms with Gasteiger partial charge in [0, 0.05) is 29.4 Å². The Morgan fingerprint density at radius 1 is 1.26 bits per heavy atom. The van der Waals surface area contributed by atoms with Gasteiger partial charge >= 0.3 is 6.03 Å². The maximum Gasteiger partial charge on any atom is 0.322 e. The third-order valence-electron chi connectivity index (χ3n) is 6.94. The normalized spacial score (nSPS) is 24.1. The standard InChI is InChI=1S/C24H28N8O3/c1-12-4-6-15(28-12)7-8-17-19(13(2)33)20(25)32-21(29-17)16(11-27-32)14-5-9-18(26-10-14)24(3)22(34)30-23(35)31-24/h5,9-12,15,28H,4,6-8,25H2,1-3H3,(H2,30,31,34,35)/t12-,15-,24?/m1/s1. The van der Waals surface area contributed by atoms with Crippen LogP contribution in [0, 0.1) is 0 Å². The van der Waals surface area contributed by atoms with Crippen LogP contribution in [0.1, 0.15) is 61.8 Å². The first-order chi connectivity index (χ1) is 16.7. The molecule has 2 fully saturated rings. The Hall–Kier alpha value is -3.86. The molecule has 3 amide bonds. The van der Waals surface area contributed by atoms with E-state index in [9.17, 15) is 14.4 Å². The number of urea groups is 1. The molecule has 11 heteroatoms. The molecule has 11 nitrogen and oxygen atoms in total. The third-order valence-corrected chi connectivity index (χ3v) is 6.94. The lowest BCUT2D eigenvalue weighted by atomic mass is 9.96. The van der Waals surface area contributed by atoms with Crippen LogP contribution in [0.15, 0.2) is 24.5 Å². The number of hydrogen-bond acceptors (Lipinski definition) is 8. The van der Waals surface area contributed by atoms with E-state index >= 15 is 0 Å². The van der Waals surface area contributed by atoms with Gasteiger partial charge in [-0.05, 0) is 52.5 Å². The SMILES string of the molecule is CC(=O)c1c(CC[C@H]2CC[C@@H](C)N2)nc2c(-c3ccc(C4(C)NC(=O)NC4=O)nc3)cnn2c1N. The smallest absolute Gasteiger partial charge is 0.322 e. The molecule has 3 aromatic heterocycles. The van der Waals surface area contributed by atoms with Crippen LogP contribution in [-0.4, -0.2) is 49.4 Å². The number of nitrogens with zero attached hydrogens (tertiary/aromatic N) is 4. The van der Waals surface area contributed by atoms with Gasteiger partial charge in [0.2, 0.25) is 0 Å². The number of anilines is 1. The molecule has 0 aromatic carbocycles. The predicted octanol–water partition coefficient (Wildman–Crippen LogP) is 1.70. The Morgan fingerprint density at radius 2 is 2.06 bits per heavy atom. The van der Waals surface area contributed by atoms with E-state index in [1.807, 2.05) is 0 Å². The number of aryl methyl sites for hydroxylation is 1. The van der Waals surface area contributed by atoms with Crippen molar-refractivity contribution in [3.05, 3.63) is 41.5 Å². The molecule has 0 radical (unpaired) electrons. The van der Waals surface area contributed by atoms with Crippen molar-refractivity contribution in [2.24, 2.45) is 0 Å². The molecule has 35 heavy (non-hydrogen) atoms. The fourth-order valence-corrected chi connectivity index (χ4v) is 4.96. The Kier molecular flexibility index (Phi) is 5.51. The van der Waals surface area contributed by atoms with Crippen molar-refractivity contribution >= 4 is 29.2 Å². The van der Waals surface area contributed by atoms with Gasteiger partial charge in [-0.3, -0.25) is 19.9 Å². The van der Waals surface area contributed by atoms with Crippen molar-refractivity contribution in [3.8, 4) is 11.1 Å². The molecular formula is C24H28N8O3. The molecule has 5 heterocycles. The topological polar surface area (TPSA) is 156 Å². The molecule has 1 unspecified atom stereocenters. The van der Waals surface area contributed by atoms with Crippen LogP contribution in [0.3, 0.4) is 0 Å². The number of fused-ring (bicyclic) bond motifs is 1. The highest BCUT2D eigenvalue weighted by atomic mass is 16.2. The first kappa shape index (κ1) is 22.9. The van der Waals surface area contributed by atoms with Crippen LogP contribution >= 0.6 is 0 Å². The van der Waals surface area contributed by atoms with E-state index in [0.717, 1.165) is 24.8 Å². The van der Waals surface area contributed by atoms with Gasteiger partial charge in [0.15, 0.2) is 17.0 Å². The molecule has 0 spiro atoms. The van der Waals surface area contributed by atoms with Gasteiger partial charge in [-0.25, -0.2) is 9.78 Å². The molecule has 2 aliphatic heterocycles. The number of carbonyl (C=O) groups is 3. The largest absolute Gasteiger partial charge is 0.383 e. The maximum atomic E-state index is 12.4. The number of aromatic nitrogens is 4. The lowest BCUT2D eigenvalue weighted by Gasteiger charge is -2.19. The fraction of sp³-hybridized carbons (Fsp3) is 0.417. The van der Waals surface area contributed by atoms with Crippen molar-refractivity contribution in [2.45, 2.75) is 64.1 Å². The number of Topliss-reactive ketones (excluding diaryl/α,β-unsaturated/α-hetero) is 1. The first-order valence-corrected chi connectivity index (χ1v) is 11.7. The number of rotatable bonds is 6. The summed E-state index contributed by atoms with van der Waals surface area (Å²) >= 11 is 0. The number of nitrogens with two attached hydrogens (primary N) is 1. The first-order valence-electron chi connectivity index (χ1n) is 11.7. The third kappa shape index (κ3) is 3.91. The summed E-state index contributed by atoms with van der Waals surface area (Å²) < 4.78 is 1.48. The average molecular weight is 477 g/mol. The molecule has 3 atom stereocenters. The lowest BCUT2D eigenvalue weighted by Crippen LogP contribution is -2.41. The summed E-state index contributed by atoms with van der Waals surface area (Å²) in [5.41, 5.74) is 8.58. The zero-order chi connectivity index (χ0) is 24.9. The Bertz CT molecular complexity index is 1350. The Labute approximate surface area is 201 Å². The summed E-state index contributed by atoms with van der Waals surface area (Å²) in [6.07, 6.45) is 6.96. The number of carbonyl (C=O) groups excluding carboxylic acids is 3. The molecule has 3 aromatic rings. The van der Waals surface area contributed by atoms with E-state index < -0.39 is 17.5 Å². The molecule has 5 N–H and O–H groups in total. The Balaban J connectivity index is 1.50. The van der Waals surface area contributed by atoms with Crippen molar-refractivity contribution in [1.82, 2.24) is 35.5 Å². The van der Waals surface area contributed by atoms with E-state index in [-0.39, 0.29) is 11.6 Å². The number of hydrogen-bond donors (Lipinski definition) is 4. The lowest BCUT2D eigenvalue weighted by molar-refractivity contribution is -0.123. The van der Waals surface area contributed by atoms with E-state index in [1.54, 1.807) is 31.5 Å². The summed E-state index contributed by atoms with van der Waals surface area (Å²) in [6, 6.07) is 3.81. The minimum absolute atomic E-state index is 0.146. The van der Waals surface area contributed by atoms with Crippen LogP contribution in [0.4, 0.5) is 10.6 Å². The molecular weight excluding hydrogens is 448 g/mol.